The molecule has 0 radical (unpaired) electrons. The number of para-hydroxylation sites is 1. The molecule has 0 aliphatic heterocycles. The summed E-state index contributed by atoms with van der Waals surface area (Å²) in [6.45, 7) is 4.21. The second-order valence-corrected chi connectivity index (χ2v) is 4.97. The van der Waals surface area contributed by atoms with E-state index in [1.54, 1.807) is 0 Å². The number of benzene rings is 2. The Labute approximate surface area is 119 Å². The second kappa shape index (κ2) is 5.33. The number of hydrogen-bond donors (Lipinski definition) is 0. The van der Waals surface area contributed by atoms with E-state index in [0.717, 1.165) is 23.6 Å². The lowest BCUT2D eigenvalue weighted by molar-refractivity contribution is 1.06. The van der Waals surface area contributed by atoms with Crippen LogP contribution < -0.4 is 0 Å². The Bertz CT molecular complexity index is 711. The van der Waals surface area contributed by atoms with Crippen LogP contribution in [0.2, 0.25) is 0 Å². The Morgan fingerprint density at radius 2 is 1.80 bits per heavy atom. The van der Waals surface area contributed by atoms with E-state index >= 15 is 0 Å². The highest BCUT2D eigenvalue weighted by atomic mass is 15.1. The van der Waals surface area contributed by atoms with Gasteiger partial charge in [-0.1, -0.05) is 43.3 Å². The summed E-state index contributed by atoms with van der Waals surface area (Å²) in [5.74, 6) is 1.00. The van der Waals surface area contributed by atoms with Crippen LogP contribution in [-0.2, 0) is 6.42 Å². The first kappa shape index (κ1) is 12.7. The summed E-state index contributed by atoms with van der Waals surface area (Å²) in [6, 6.07) is 19.0. The van der Waals surface area contributed by atoms with Crippen molar-refractivity contribution in [2.45, 2.75) is 20.3 Å². The van der Waals surface area contributed by atoms with Crippen molar-refractivity contribution in [3.8, 4) is 17.1 Å². The van der Waals surface area contributed by atoms with E-state index < -0.39 is 0 Å². The zero-order chi connectivity index (χ0) is 13.9. The average Bonchev–Trinajstić information content (AvgIpc) is 2.90. The van der Waals surface area contributed by atoms with Gasteiger partial charge in [0.05, 0.1) is 5.69 Å². The van der Waals surface area contributed by atoms with Crippen LogP contribution in [0, 0.1) is 6.92 Å². The number of nitrogens with zero attached hydrogens (tertiary/aromatic N) is 2. The predicted molar refractivity (Wildman–Crippen MR) is 83.1 cm³/mol. The monoisotopic (exact) mass is 262 g/mol. The van der Waals surface area contributed by atoms with E-state index in [0.29, 0.717) is 0 Å². The molecular weight excluding hydrogens is 244 g/mol. The molecule has 0 saturated heterocycles. The maximum Gasteiger partial charge on any atom is 0.144 e. The highest BCUT2D eigenvalue weighted by Gasteiger charge is 2.10. The van der Waals surface area contributed by atoms with Gasteiger partial charge in [-0.2, -0.15) is 0 Å². The molecule has 0 atom stereocenters. The molecule has 0 amide bonds. The molecular formula is C18H18N2. The van der Waals surface area contributed by atoms with Gasteiger partial charge in [0.1, 0.15) is 5.82 Å². The first-order chi connectivity index (χ1) is 9.78. The topological polar surface area (TPSA) is 17.8 Å². The van der Waals surface area contributed by atoms with E-state index in [1.165, 1.54) is 11.1 Å². The third kappa shape index (κ3) is 2.37. The minimum atomic E-state index is 1.00. The van der Waals surface area contributed by atoms with Crippen molar-refractivity contribution < 1.29 is 0 Å². The molecule has 0 saturated carbocycles. The number of rotatable bonds is 3. The zero-order valence-electron chi connectivity index (χ0n) is 11.9. The lowest BCUT2D eigenvalue weighted by Crippen LogP contribution is -1.96. The van der Waals surface area contributed by atoms with Crippen molar-refractivity contribution in [1.29, 1.82) is 0 Å². The van der Waals surface area contributed by atoms with Crippen molar-refractivity contribution in [3.05, 3.63) is 72.1 Å². The Balaban J connectivity index is 2.14. The molecule has 0 aliphatic rings. The molecule has 0 fully saturated rings. The quantitative estimate of drug-likeness (QED) is 0.683. The van der Waals surface area contributed by atoms with Crippen LogP contribution in [0.4, 0.5) is 0 Å². The molecule has 20 heavy (non-hydrogen) atoms. The molecule has 100 valence electrons. The fraction of sp³-hybridized carbons (Fsp3) is 0.167. The SMILES string of the molecule is CCc1cccc(-c2nc(C)cn2-c2ccccc2)c1. The molecule has 0 spiro atoms. The Kier molecular flexibility index (Phi) is 3.38. The molecule has 0 bridgehead atoms. The number of imidazole rings is 1. The van der Waals surface area contributed by atoms with E-state index in [4.69, 9.17) is 4.98 Å². The van der Waals surface area contributed by atoms with Crippen molar-refractivity contribution in [2.75, 3.05) is 0 Å². The highest BCUT2D eigenvalue weighted by Crippen LogP contribution is 2.23. The molecule has 1 heterocycles. The van der Waals surface area contributed by atoms with Gasteiger partial charge in [0.15, 0.2) is 0 Å². The molecule has 2 aromatic carbocycles. The van der Waals surface area contributed by atoms with Crippen LogP contribution in [0.15, 0.2) is 60.8 Å². The summed E-state index contributed by atoms with van der Waals surface area (Å²) in [5, 5.41) is 0. The van der Waals surface area contributed by atoms with Gasteiger partial charge in [0, 0.05) is 17.4 Å². The highest BCUT2D eigenvalue weighted by molar-refractivity contribution is 5.60. The summed E-state index contributed by atoms with van der Waals surface area (Å²) in [4.78, 5) is 4.70. The number of hydrogen-bond acceptors (Lipinski definition) is 1. The van der Waals surface area contributed by atoms with Crippen molar-refractivity contribution >= 4 is 0 Å². The van der Waals surface area contributed by atoms with Crippen LogP contribution in [0.3, 0.4) is 0 Å². The maximum atomic E-state index is 4.70. The van der Waals surface area contributed by atoms with Crippen LogP contribution >= 0.6 is 0 Å². The molecule has 2 heteroatoms. The van der Waals surface area contributed by atoms with Crippen LogP contribution in [0.25, 0.3) is 17.1 Å². The fourth-order valence-corrected chi connectivity index (χ4v) is 2.42. The Hall–Kier alpha value is -2.35. The number of aromatic nitrogens is 2. The minimum absolute atomic E-state index is 1.00. The van der Waals surface area contributed by atoms with Crippen molar-refractivity contribution in [2.24, 2.45) is 0 Å². The van der Waals surface area contributed by atoms with Gasteiger partial charge in [-0.25, -0.2) is 4.98 Å². The van der Waals surface area contributed by atoms with E-state index in [9.17, 15) is 0 Å². The maximum absolute atomic E-state index is 4.70. The van der Waals surface area contributed by atoms with Gasteiger partial charge in [0.25, 0.3) is 0 Å². The number of aryl methyl sites for hydroxylation is 2. The van der Waals surface area contributed by atoms with Gasteiger partial charge in [-0.15, -0.1) is 0 Å². The predicted octanol–water partition coefficient (Wildman–Crippen LogP) is 4.41. The van der Waals surface area contributed by atoms with Crippen LogP contribution in [0.5, 0.6) is 0 Å². The van der Waals surface area contributed by atoms with Gasteiger partial charge >= 0.3 is 0 Å². The summed E-state index contributed by atoms with van der Waals surface area (Å²) in [7, 11) is 0. The van der Waals surface area contributed by atoms with E-state index in [1.807, 2.05) is 13.0 Å². The van der Waals surface area contributed by atoms with Gasteiger partial charge in [-0.3, -0.25) is 4.57 Å². The smallest absolute Gasteiger partial charge is 0.144 e. The van der Waals surface area contributed by atoms with Gasteiger partial charge in [0.2, 0.25) is 0 Å². The van der Waals surface area contributed by atoms with E-state index in [2.05, 4.69) is 66.2 Å². The summed E-state index contributed by atoms with van der Waals surface area (Å²) in [6.07, 6.45) is 3.13. The van der Waals surface area contributed by atoms with Gasteiger partial charge < -0.3 is 0 Å². The largest absolute Gasteiger partial charge is 0.300 e. The average molecular weight is 262 g/mol. The van der Waals surface area contributed by atoms with E-state index in [-0.39, 0.29) is 0 Å². The summed E-state index contributed by atoms with van der Waals surface area (Å²) < 4.78 is 2.16. The minimum Gasteiger partial charge on any atom is -0.300 e. The Morgan fingerprint density at radius 1 is 1.00 bits per heavy atom. The molecule has 0 N–H and O–H groups in total. The molecule has 0 unspecified atom stereocenters. The van der Waals surface area contributed by atoms with Gasteiger partial charge in [-0.05, 0) is 37.1 Å². The Morgan fingerprint density at radius 3 is 2.55 bits per heavy atom. The lowest BCUT2D eigenvalue weighted by Gasteiger charge is -2.08. The first-order valence-corrected chi connectivity index (χ1v) is 6.98. The third-order valence-electron chi connectivity index (χ3n) is 3.45. The second-order valence-electron chi connectivity index (χ2n) is 4.97. The fourth-order valence-electron chi connectivity index (χ4n) is 2.42. The van der Waals surface area contributed by atoms with Crippen molar-refractivity contribution in [3.63, 3.8) is 0 Å². The molecule has 2 nitrogen and oxygen atoms in total. The third-order valence-corrected chi connectivity index (χ3v) is 3.45. The van der Waals surface area contributed by atoms with Crippen LogP contribution in [0.1, 0.15) is 18.2 Å². The van der Waals surface area contributed by atoms with Crippen LogP contribution in [-0.4, -0.2) is 9.55 Å². The molecule has 3 aromatic rings. The molecule has 1 aromatic heterocycles. The normalized spacial score (nSPS) is 10.7. The first-order valence-electron chi connectivity index (χ1n) is 6.98. The standard InChI is InChI=1S/C18H18N2/c1-3-15-8-7-9-16(12-15)18-19-14(2)13-20(18)17-10-5-4-6-11-17/h4-13H,3H2,1-2H3. The van der Waals surface area contributed by atoms with Crippen molar-refractivity contribution in [1.82, 2.24) is 9.55 Å². The molecule has 0 aliphatic carbocycles. The molecule has 3 rings (SSSR count). The zero-order valence-corrected chi connectivity index (χ0v) is 11.9. The lowest BCUT2D eigenvalue weighted by atomic mass is 10.1. The summed E-state index contributed by atoms with van der Waals surface area (Å²) >= 11 is 0. The summed E-state index contributed by atoms with van der Waals surface area (Å²) in [5.41, 5.74) is 4.68.